The summed E-state index contributed by atoms with van der Waals surface area (Å²) in [4.78, 5) is 0. The Labute approximate surface area is 122 Å². The van der Waals surface area contributed by atoms with E-state index in [1.807, 2.05) is 12.3 Å². The molecule has 1 aromatic carbocycles. The second-order valence-corrected chi connectivity index (χ2v) is 4.92. The van der Waals surface area contributed by atoms with Gasteiger partial charge in [0.05, 0.1) is 13.7 Å². The highest BCUT2D eigenvalue weighted by molar-refractivity contribution is 7.80. The van der Waals surface area contributed by atoms with Crippen LogP contribution in [0.4, 0.5) is 5.82 Å². The van der Waals surface area contributed by atoms with Gasteiger partial charge in [-0.25, -0.2) is 0 Å². The largest absolute Gasteiger partial charge is 0.755 e. The average molecular weight is 307 g/mol. The van der Waals surface area contributed by atoms with Crippen molar-refractivity contribution >= 4 is 28.1 Å². The highest BCUT2D eigenvalue weighted by Gasteiger charge is 2.15. The molecule has 1 atom stereocenters. The molecule has 9 heteroatoms. The summed E-state index contributed by atoms with van der Waals surface area (Å²) in [5, 5.41) is 8.31. The summed E-state index contributed by atoms with van der Waals surface area (Å²) in [5.74, 6) is 0.574. The van der Waals surface area contributed by atoms with Gasteiger partial charge >= 0.3 is 0 Å². The van der Waals surface area contributed by atoms with E-state index >= 15 is 0 Å². The van der Waals surface area contributed by atoms with E-state index in [-0.39, 0.29) is 5.82 Å². The van der Waals surface area contributed by atoms with Gasteiger partial charge in [-0.1, -0.05) is 5.16 Å². The van der Waals surface area contributed by atoms with Crippen LogP contribution in [0.5, 0.6) is 5.75 Å². The van der Waals surface area contributed by atoms with Crippen molar-refractivity contribution in [3.05, 3.63) is 36.2 Å². The normalized spacial score (nSPS) is 12.5. The fourth-order valence-electron chi connectivity index (χ4n) is 2.07. The van der Waals surface area contributed by atoms with E-state index in [0.717, 1.165) is 5.56 Å². The van der Waals surface area contributed by atoms with Crippen LogP contribution in [0.1, 0.15) is 5.56 Å². The highest BCUT2D eigenvalue weighted by Crippen LogP contribution is 2.33. The fourth-order valence-corrected chi connectivity index (χ4v) is 2.37. The quantitative estimate of drug-likeness (QED) is 0.712. The van der Waals surface area contributed by atoms with Gasteiger partial charge in [-0.3, -0.25) is 13.6 Å². The summed E-state index contributed by atoms with van der Waals surface area (Å²) >= 11 is -2.48. The summed E-state index contributed by atoms with van der Waals surface area (Å²) in [6.45, 7) is 0.538. The third-order valence-electron chi connectivity index (χ3n) is 2.90. The van der Waals surface area contributed by atoms with Crippen molar-refractivity contribution in [2.45, 2.75) is 6.54 Å². The fraction of sp³-hybridized carbons (Fsp3) is 0.167. The minimum Gasteiger partial charge on any atom is -0.755 e. The number of nitrogens with zero attached hydrogens (tertiary/aromatic N) is 3. The molecule has 0 aliphatic rings. The van der Waals surface area contributed by atoms with Crippen molar-refractivity contribution in [3.8, 4) is 5.75 Å². The number of benzene rings is 1. The van der Waals surface area contributed by atoms with Crippen molar-refractivity contribution in [1.82, 2.24) is 14.9 Å². The maximum absolute atomic E-state index is 10.7. The van der Waals surface area contributed by atoms with Crippen LogP contribution >= 0.6 is 0 Å². The number of hydrogen-bond acceptors (Lipinski definition) is 6. The maximum atomic E-state index is 10.7. The molecule has 0 spiro atoms. The first kappa shape index (κ1) is 13.6. The van der Waals surface area contributed by atoms with E-state index in [1.54, 1.807) is 23.0 Å². The summed E-state index contributed by atoms with van der Waals surface area (Å²) < 4.78 is 35.9. The zero-order valence-electron chi connectivity index (χ0n) is 11.0. The zero-order chi connectivity index (χ0) is 14.8. The molecule has 0 bridgehead atoms. The second-order valence-electron chi connectivity index (χ2n) is 4.24. The van der Waals surface area contributed by atoms with Gasteiger partial charge < -0.3 is 13.8 Å². The first-order valence-electron chi connectivity index (χ1n) is 5.97. The first-order chi connectivity index (χ1) is 10.2. The first-order valence-corrected chi connectivity index (χ1v) is 7.04. The van der Waals surface area contributed by atoms with E-state index in [1.165, 1.54) is 7.11 Å². The van der Waals surface area contributed by atoms with Crippen LogP contribution in [0.15, 0.2) is 35.1 Å². The van der Waals surface area contributed by atoms with Crippen molar-refractivity contribution in [1.29, 1.82) is 0 Å². The Hall–Kier alpha value is -2.39. The number of nitrogens with one attached hydrogen (secondary N) is 1. The van der Waals surface area contributed by atoms with Crippen LogP contribution in [0.2, 0.25) is 0 Å². The van der Waals surface area contributed by atoms with Gasteiger partial charge in [-0.2, -0.15) is 5.10 Å². The van der Waals surface area contributed by atoms with Crippen molar-refractivity contribution in [3.63, 3.8) is 0 Å². The monoisotopic (exact) mass is 307 g/mol. The van der Waals surface area contributed by atoms with Gasteiger partial charge in [0, 0.05) is 23.7 Å². The lowest BCUT2D eigenvalue weighted by Crippen LogP contribution is -2.03. The molecule has 3 aromatic rings. The predicted octanol–water partition coefficient (Wildman–Crippen LogP) is 1.29. The Balaban J connectivity index is 2.04. The molecule has 0 saturated carbocycles. The average Bonchev–Trinajstić information content (AvgIpc) is 3.08. The van der Waals surface area contributed by atoms with Gasteiger partial charge in [-0.15, -0.1) is 0 Å². The smallest absolute Gasteiger partial charge is 0.192 e. The van der Waals surface area contributed by atoms with Gasteiger partial charge in [0.25, 0.3) is 0 Å². The number of fused-ring (bicyclic) bond motifs is 1. The van der Waals surface area contributed by atoms with Crippen LogP contribution in [0, 0.1) is 0 Å². The summed E-state index contributed by atoms with van der Waals surface area (Å²) in [6, 6.07) is 5.39. The topological polar surface area (TPSA) is 105 Å². The predicted molar refractivity (Wildman–Crippen MR) is 74.4 cm³/mol. The Morgan fingerprint density at radius 3 is 3.05 bits per heavy atom. The minimum absolute atomic E-state index is 0.0980. The highest BCUT2D eigenvalue weighted by atomic mass is 32.2. The van der Waals surface area contributed by atoms with E-state index < -0.39 is 11.3 Å². The van der Waals surface area contributed by atoms with Gasteiger partial charge in [-0.05, 0) is 23.8 Å². The number of methoxy groups -OCH3 is 1. The Morgan fingerprint density at radius 2 is 2.38 bits per heavy atom. The third-order valence-corrected chi connectivity index (χ3v) is 3.26. The molecule has 0 amide bonds. The molecule has 110 valence electrons. The lowest BCUT2D eigenvalue weighted by atomic mass is 10.1. The molecule has 3 rings (SSSR count). The molecular weight excluding hydrogens is 296 g/mol. The maximum Gasteiger partial charge on any atom is 0.192 e. The Bertz CT molecular complexity index is 784. The van der Waals surface area contributed by atoms with Crippen molar-refractivity contribution < 1.29 is 18.0 Å². The molecular formula is C12H11N4O4S-. The Morgan fingerprint density at radius 1 is 1.52 bits per heavy atom. The van der Waals surface area contributed by atoms with E-state index in [0.29, 0.717) is 23.3 Å². The number of rotatable bonds is 5. The number of aromatic nitrogens is 3. The van der Waals surface area contributed by atoms with Gasteiger partial charge in [0.2, 0.25) is 0 Å². The molecule has 0 aliphatic carbocycles. The standard InChI is InChI=1S/C12H12N4O4S/c1-19-9-5-8(7-16-4-2-3-13-16)6-10-11(9)12(14-20-10)15-21(17)18/h2-6H,7H2,1H3,(H,14,15)(H,17,18)/p-1. The van der Waals surface area contributed by atoms with E-state index in [4.69, 9.17) is 9.26 Å². The molecule has 2 heterocycles. The lowest BCUT2D eigenvalue weighted by Gasteiger charge is -2.08. The van der Waals surface area contributed by atoms with E-state index in [2.05, 4.69) is 15.0 Å². The summed E-state index contributed by atoms with van der Waals surface area (Å²) in [5.41, 5.74) is 1.33. The minimum atomic E-state index is -2.48. The lowest BCUT2D eigenvalue weighted by molar-refractivity contribution is 0.418. The molecule has 0 aliphatic heterocycles. The molecule has 8 nitrogen and oxygen atoms in total. The van der Waals surface area contributed by atoms with Crippen molar-refractivity contribution in [2.24, 2.45) is 0 Å². The third kappa shape index (κ3) is 2.73. The van der Waals surface area contributed by atoms with Crippen molar-refractivity contribution in [2.75, 3.05) is 11.8 Å². The molecule has 0 radical (unpaired) electrons. The molecule has 0 fully saturated rings. The molecule has 0 saturated heterocycles. The molecule has 2 aromatic heterocycles. The SMILES string of the molecule is COc1cc(Cn2cccn2)cc2onc(NS(=O)[O-])c12. The zero-order valence-corrected chi connectivity index (χ0v) is 11.8. The summed E-state index contributed by atoms with van der Waals surface area (Å²) in [7, 11) is 1.50. The number of anilines is 1. The van der Waals surface area contributed by atoms with Crippen LogP contribution < -0.4 is 9.46 Å². The second kappa shape index (κ2) is 5.54. The Kier molecular flexibility index (Phi) is 3.59. The number of ether oxygens (including phenoxy) is 1. The van der Waals surface area contributed by atoms with Gasteiger partial charge in [0.1, 0.15) is 11.1 Å². The van der Waals surface area contributed by atoms with E-state index in [9.17, 15) is 8.76 Å². The van der Waals surface area contributed by atoms with Crippen LogP contribution in [0.3, 0.4) is 0 Å². The van der Waals surface area contributed by atoms with Crippen LogP contribution in [-0.4, -0.2) is 30.8 Å². The molecule has 1 unspecified atom stereocenters. The van der Waals surface area contributed by atoms with Crippen LogP contribution in [0.25, 0.3) is 11.0 Å². The van der Waals surface area contributed by atoms with Gasteiger partial charge in [0.15, 0.2) is 11.4 Å². The van der Waals surface area contributed by atoms with Crippen LogP contribution in [-0.2, 0) is 17.8 Å². The number of hydrogen-bond donors (Lipinski definition) is 1. The molecule has 21 heavy (non-hydrogen) atoms. The summed E-state index contributed by atoms with van der Waals surface area (Å²) in [6.07, 6.45) is 3.53. The molecule has 1 N–H and O–H groups in total.